The Labute approximate surface area is 143 Å². The summed E-state index contributed by atoms with van der Waals surface area (Å²) in [5, 5.41) is 2.93. The zero-order chi connectivity index (χ0) is 16.3. The molecule has 0 aliphatic heterocycles. The van der Waals surface area contributed by atoms with Crippen molar-refractivity contribution < 1.29 is 14.3 Å². The lowest BCUT2D eigenvalue weighted by Crippen LogP contribution is -2.29. The molecule has 2 rings (SSSR count). The van der Waals surface area contributed by atoms with Gasteiger partial charge in [0.2, 0.25) is 5.91 Å². The second kappa shape index (κ2) is 8.31. The Balaban J connectivity index is 0.00000264. The van der Waals surface area contributed by atoms with Crippen molar-refractivity contribution >= 4 is 30.0 Å². The van der Waals surface area contributed by atoms with Crippen LogP contribution in [0, 0.1) is 25.7 Å². The van der Waals surface area contributed by atoms with Crippen molar-refractivity contribution in [2.75, 3.05) is 19.0 Å². The molecule has 1 aromatic carbocycles. The number of halogens is 1. The van der Waals surface area contributed by atoms with Gasteiger partial charge in [0.25, 0.3) is 0 Å². The number of benzene rings is 1. The fourth-order valence-electron chi connectivity index (χ4n) is 3.15. The molecule has 0 heterocycles. The van der Waals surface area contributed by atoms with Crippen LogP contribution in [-0.4, -0.2) is 25.5 Å². The summed E-state index contributed by atoms with van der Waals surface area (Å²) in [4.78, 5) is 24.3. The molecule has 0 spiro atoms. The maximum Gasteiger partial charge on any atom is 0.338 e. The zero-order valence-electron chi connectivity index (χ0n) is 13.8. The first kappa shape index (κ1) is 19.5. The Morgan fingerprint density at radius 1 is 1.30 bits per heavy atom. The number of carbonyl (C=O) groups excluding carboxylic acids is 2. The van der Waals surface area contributed by atoms with E-state index in [9.17, 15) is 9.59 Å². The Kier molecular flexibility index (Phi) is 7.03. The van der Waals surface area contributed by atoms with Crippen LogP contribution < -0.4 is 11.1 Å². The molecule has 1 aliphatic carbocycles. The smallest absolute Gasteiger partial charge is 0.338 e. The van der Waals surface area contributed by atoms with Gasteiger partial charge in [-0.3, -0.25) is 4.79 Å². The molecule has 1 fully saturated rings. The van der Waals surface area contributed by atoms with E-state index in [4.69, 9.17) is 10.5 Å². The fourth-order valence-corrected chi connectivity index (χ4v) is 3.15. The van der Waals surface area contributed by atoms with E-state index in [1.54, 1.807) is 6.07 Å². The number of hydrogen-bond donors (Lipinski definition) is 2. The average Bonchev–Trinajstić information content (AvgIpc) is 2.98. The Morgan fingerprint density at radius 3 is 2.61 bits per heavy atom. The number of nitrogens with two attached hydrogens (primary N) is 1. The van der Waals surface area contributed by atoms with Gasteiger partial charge in [-0.05, 0) is 62.4 Å². The number of ether oxygens (including phenoxy) is 1. The van der Waals surface area contributed by atoms with Gasteiger partial charge in [-0.15, -0.1) is 12.4 Å². The van der Waals surface area contributed by atoms with Crippen LogP contribution in [0.4, 0.5) is 5.69 Å². The summed E-state index contributed by atoms with van der Waals surface area (Å²) >= 11 is 0. The van der Waals surface area contributed by atoms with E-state index in [2.05, 4.69) is 5.32 Å². The molecule has 23 heavy (non-hydrogen) atoms. The number of aryl methyl sites for hydroxylation is 1. The zero-order valence-corrected chi connectivity index (χ0v) is 14.7. The van der Waals surface area contributed by atoms with Gasteiger partial charge >= 0.3 is 5.97 Å². The maximum absolute atomic E-state index is 12.4. The van der Waals surface area contributed by atoms with E-state index in [0.717, 1.165) is 30.4 Å². The van der Waals surface area contributed by atoms with Gasteiger partial charge in [-0.1, -0.05) is 6.42 Å². The third-order valence-corrected chi connectivity index (χ3v) is 4.64. The first-order valence-electron chi connectivity index (χ1n) is 7.68. The van der Waals surface area contributed by atoms with E-state index < -0.39 is 5.97 Å². The van der Waals surface area contributed by atoms with Crippen LogP contribution >= 0.6 is 12.4 Å². The van der Waals surface area contributed by atoms with Crippen LogP contribution in [0.2, 0.25) is 0 Å². The Hall–Kier alpha value is -1.59. The molecule has 0 unspecified atom stereocenters. The molecule has 1 saturated carbocycles. The van der Waals surface area contributed by atoms with Gasteiger partial charge in [0, 0.05) is 11.6 Å². The van der Waals surface area contributed by atoms with Crippen molar-refractivity contribution in [2.45, 2.75) is 33.1 Å². The molecular formula is C17H25ClN2O3. The molecule has 0 saturated heterocycles. The third-order valence-electron chi connectivity index (χ3n) is 4.64. The standard InChI is InChI=1S/C17H24N2O3.ClH/c1-10-7-13(8-15(11(10)2)17(21)22-3)19-16(20)14-6-4-5-12(14)9-18;/h7-8,12,14H,4-6,9,18H2,1-3H3,(H,19,20);1H/t12-,14-;/m1./s1. The van der Waals surface area contributed by atoms with Crippen LogP contribution in [0.5, 0.6) is 0 Å². The van der Waals surface area contributed by atoms with E-state index in [1.165, 1.54) is 7.11 Å². The number of hydrogen-bond acceptors (Lipinski definition) is 4. The van der Waals surface area contributed by atoms with Crippen molar-refractivity contribution in [3.63, 3.8) is 0 Å². The summed E-state index contributed by atoms with van der Waals surface area (Å²) in [6.45, 7) is 4.32. The van der Waals surface area contributed by atoms with Gasteiger partial charge in [-0.2, -0.15) is 0 Å². The summed E-state index contributed by atoms with van der Waals surface area (Å²) < 4.78 is 4.80. The molecule has 2 atom stereocenters. The van der Waals surface area contributed by atoms with E-state index in [-0.39, 0.29) is 30.2 Å². The Bertz CT molecular complexity index is 589. The van der Waals surface area contributed by atoms with E-state index >= 15 is 0 Å². The van der Waals surface area contributed by atoms with Gasteiger partial charge < -0.3 is 15.8 Å². The lowest BCUT2D eigenvalue weighted by Gasteiger charge is -2.18. The number of anilines is 1. The maximum atomic E-state index is 12.4. The SMILES string of the molecule is COC(=O)c1cc(NC(=O)[C@@H]2CCC[C@@H]2CN)cc(C)c1C.Cl. The summed E-state index contributed by atoms with van der Waals surface area (Å²) in [5.41, 5.74) is 8.67. The van der Waals surface area contributed by atoms with Crippen LogP contribution in [0.15, 0.2) is 12.1 Å². The number of nitrogens with one attached hydrogen (secondary N) is 1. The summed E-state index contributed by atoms with van der Waals surface area (Å²) in [5.74, 6) is -0.177. The number of rotatable bonds is 4. The monoisotopic (exact) mass is 340 g/mol. The minimum atomic E-state index is -0.391. The lowest BCUT2D eigenvalue weighted by molar-refractivity contribution is -0.120. The highest BCUT2D eigenvalue weighted by Gasteiger charge is 2.32. The van der Waals surface area contributed by atoms with E-state index in [0.29, 0.717) is 17.8 Å². The van der Waals surface area contributed by atoms with Gasteiger partial charge in [0.05, 0.1) is 12.7 Å². The molecule has 1 aliphatic rings. The second-order valence-corrected chi connectivity index (χ2v) is 5.98. The molecular weight excluding hydrogens is 316 g/mol. The average molecular weight is 341 g/mol. The topological polar surface area (TPSA) is 81.4 Å². The van der Waals surface area contributed by atoms with Crippen molar-refractivity contribution in [1.82, 2.24) is 0 Å². The molecule has 1 aromatic rings. The predicted octanol–water partition coefficient (Wildman–Crippen LogP) is 2.83. The fraction of sp³-hybridized carbons (Fsp3) is 0.529. The van der Waals surface area contributed by atoms with Crippen molar-refractivity contribution in [3.05, 3.63) is 28.8 Å². The van der Waals surface area contributed by atoms with Crippen molar-refractivity contribution in [1.29, 1.82) is 0 Å². The van der Waals surface area contributed by atoms with E-state index in [1.807, 2.05) is 19.9 Å². The number of methoxy groups -OCH3 is 1. The highest BCUT2D eigenvalue weighted by Crippen LogP contribution is 2.32. The number of carbonyl (C=O) groups is 2. The third kappa shape index (κ3) is 4.24. The molecule has 0 aromatic heterocycles. The number of esters is 1. The summed E-state index contributed by atoms with van der Waals surface area (Å²) in [6, 6.07) is 3.56. The molecule has 1 amide bonds. The molecule has 3 N–H and O–H groups in total. The molecule has 5 nitrogen and oxygen atoms in total. The van der Waals surface area contributed by atoms with Crippen LogP contribution in [0.25, 0.3) is 0 Å². The quantitative estimate of drug-likeness (QED) is 0.826. The van der Waals surface area contributed by atoms with Crippen LogP contribution in [0.1, 0.15) is 40.7 Å². The predicted molar refractivity (Wildman–Crippen MR) is 93.0 cm³/mol. The summed E-state index contributed by atoms with van der Waals surface area (Å²) in [6.07, 6.45) is 2.93. The largest absolute Gasteiger partial charge is 0.465 e. The van der Waals surface area contributed by atoms with Crippen molar-refractivity contribution in [2.24, 2.45) is 17.6 Å². The lowest BCUT2D eigenvalue weighted by atomic mass is 9.95. The van der Waals surface area contributed by atoms with Gasteiger partial charge in [0.15, 0.2) is 0 Å². The highest BCUT2D eigenvalue weighted by molar-refractivity contribution is 5.97. The normalized spacial score (nSPS) is 19.8. The first-order chi connectivity index (χ1) is 10.5. The summed E-state index contributed by atoms with van der Waals surface area (Å²) in [7, 11) is 1.35. The van der Waals surface area contributed by atoms with Gasteiger partial charge in [-0.25, -0.2) is 4.79 Å². The van der Waals surface area contributed by atoms with Gasteiger partial charge in [0.1, 0.15) is 0 Å². The Morgan fingerprint density at radius 2 is 2.00 bits per heavy atom. The molecule has 0 bridgehead atoms. The molecule has 6 heteroatoms. The van der Waals surface area contributed by atoms with Crippen LogP contribution in [0.3, 0.4) is 0 Å². The highest BCUT2D eigenvalue weighted by atomic mass is 35.5. The second-order valence-electron chi connectivity index (χ2n) is 5.98. The molecule has 128 valence electrons. The minimum absolute atomic E-state index is 0. The van der Waals surface area contributed by atoms with Crippen molar-refractivity contribution in [3.8, 4) is 0 Å². The minimum Gasteiger partial charge on any atom is -0.465 e. The number of amides is 1. The first-order valence-corrected chi connectivity index (χ1v) is 7.68. The van der Waals surface area contributed by atoms with Crippen LogP contribution in [-0.2, 0) is 9.53 Å². The molecule has 0 radical (unpaired) electrons.